The lowest BCUT2D eigenvalue weighted by molar-refractivity contribution is -0.138. The van der Waals surface area contributed by atoms with Gasteiger partial charge < -0.3 is 28.9 Å². The van der Waals surface area contributed by atoms with Crippen molar-refractivity contribution < 1.29 is 24.2 Å². The van der Waals surface area contributed by atoms with Crippen LogP contribution in [0.25, 0.3) is 16.6 Å². The third kappa shape index (κ3) is 4.24. The van der Waals surface area contributed by atoms with E-state index in [1.807, 2.05) is 0 Å². The van der Waals surface area contributed by atoms with Gasteiger partial charge in [0, 0.05) is 43.4 Å². The van der Waals surface area contributed by atoms with Crippen LogP contribution in [0.15, 0.2) is 36.9 Å². The van der Waals surface area contributed by atoms with E-state index in [1.165, 1.54) is 0 Å². The second-order valence-corrected chi connectivity index (χ2v) is 8.86. The summed E-state index contributed by atoms with van der Waals surface area (Å²) in [5.41, 5.74) is 1.15. The topological polar surface area (TPSA) is 110 Å². The van der Waals surface area contributed by atoms with Crippen molar-refractivity contribution in [3.05, 3.63) is 47.0 Å². The largest absolute Gasteiger partial charge is 0.480 e. The molecule has 0 saturated carbocycles. The summed E-state index contributed by atoms with van der Waals surface area (Å²) in [5, 5.41) is 11.2. The number of amides is 1. The first kappa shape index (κ1) is 22.7. The van der Waals surface area contributed by atoms with E-state index in [0.717, 1.165) is 5.39 Å². The number of halogens is 2. The molecular formula is C22H21Cl2N5O5. The molecule has 4 heterocycles. The predicted octanol–water partition coefficient (Wildman–Crippen LogP) is 3.23. The third-order valence-corrected chi connectivity index (χ3v) is 6.79. The molecule has 0 spiro atoms. The molecule has 2 aliphatic rings. The molecule has 178 valence electrons. The van der Waals surface area contributed by atoms with E-state index in [4.69, 9.17) is 32.7 Å². The van der Waals surface area contributed by atoms with E-state index in [-0.39, 0.29) is 18.0 Å². The first-order chi connectivity index (χ1) is 16.4. The number of carboxylic acid groups (broad SMARTS) is 1. The van der Waals surface area contributed by atoms with Gasteiger partial charge >= 0.3 is 12.1 Å². The number of ether oxygens (including phenoxy) is 2. The van der Waals surface area contributed by atoms with Crippen molar-refractivity contribution in [3.8, 4) is 5.69 Å². The Hall–Kier alpha value is -3.08. The van der Waals surface area contributed by atoms with Gasteiger partial charge in [-0.25, -0.2) is 19.6 Å². The second-order valence-electron chi connectivity index (χ2n) is 8.07. The Morgan fingerprint density at radius 1 is 1.21 bits per heavy atom. The van der Waals surface area contributed by atoms with Crippen molar-refractivity contribution in [2.75, 3.05) is 37.7 Å². The molecule has 2 aromatic heterocycles. The van der Waals surface area contributed by atoms with Gasteiger partial charge in [-0.15, -0.1) is 0 Å². The Labute approximate surface area is 204 Å². The average molecular weight is 506 g/mol. The van der Waals surface area contributed by atoms with Crippen molar-refractivity contribution in [1.29, 1.82) is 0 Å². The van der Waals surface area contributed by atoms with E-state index >= 15 is 0 Å². The van der Waals surface area contributed by atoms with Gasteiger partial charge in [-0.3, -0.25) is 0 Å². The number of hydrogen-bond acceptors (Lipinski definition) is 7. The maximum Gasteiger partial charge on any atom is 0.410 e. The van der Waals surface area contributed by atoms with Gasteiger partial charge in [0.2, 0.25) is 0 Å². The quantitative estimate of drug-likeness (QED) is 0.575. The Bertz CT molecular complexity index is 1230. The highest BCUT2D eigenvalue weighted by Gasteiger charge is 2.40. The van der Waals surface area contributed by atoms with Gasteiger partial charge in [0.15, 0.2) is 0 Å². The van der Waals surface area contributed by atoms with Crippen LogP contribution in [-0.2, 0) is 14.3 Å². The standard InChI is InChI=1S/C22H21Cl2N5O5/c23-15-2-1-14-16(28-4-3-25-12-28)10-18(26-20(14)19(15)24)29-11-13(9-17(29)21(30)31)34-22(32)27-5-7-33-8-6-27/h1-4,10,12-13,17H,5-9,11H2,(H,30,31)/t13-,17-/m0/s1. The average Bonchev–Trinajstić information content (AvgIpc) is 3.52. The van der Waals surface area contributed by atoms with Crippen molar-refractivity contribution in [1.82, 2.24) is 19.4 Å². The van der Waals surface area contributed by atoms with Crippen LogP contribution in [0.1, 0.15) is 6.42 Å². The molecule has 2 saturated heterocycles. The van der Waals surface area contributed by atoms with Crippen LogP contribution >= 0.6 is 23.2 Å². The summed E-state index contributed by atoms with van der Waals surface area (Å²) >= 11 is 12.7. The van der Waals surface area contributed by atoms with Crippen molar-refractivity contribution >= 4 is 52.0 Å². The zero-order valence-electron chi connectivity index (χ0n) is 17.9. The number of fused-ring (bicyclic) bond motifs is 1. The number of imidazole rings is 1. The number of morpholine rings is 1. The molecule has 34 heavy (non-hydrogen) atoms. The number of rotatable bonds is 4. The number of carbonyl (C=O) groups is 2. The summed E-state index contributed by atoms with van der Waals surface area (Å²) in [6.45, 7) is 1.96. The van der Waals surface area contributed by atoms with Crippen molar-refractivity contribution in [2.24, 2.45) is 0 Å². The third-order valence-electron chi connectivity index (χ3n) is 6.00. The van der Waals surface area contributed by atoms with Crippen LogP contribution in [0.5, 0.6) is 0 Å². The molecule has 12 heteroatoms. The van der Waals surface area contributed by atoms with Crippen LogP contribution in [0, 0.1) is 0 Å². The molecule has 1 N–H and O–H groups in total. The van der Waals surface area contributed by atoms with Gasteiger partial charge in [0.25, 0.3) is 0 Å². The van der Waals surface area contributed by atoms with E-state index in [1.54, 1.807) is 51.3 Å². The molecule has 0 bridgehead atoms. The fourth-order valence-electron chi connectivity index (χ4n) is 4.30. The first-order valence-electron chi connectivity index (χ1n) is 10.7. The van der Waals surface area contributed by atoms with E-state index in [2.05, 4.69) is 9.97 Å². The number of pyridine rings is 1. The lowest BCUT2D eigenvalue weighted by Gasteiger charge is -2.27. The smallest absolute Gasteiger partial charge is 0.410 e. The highest BCUT2D eigenvalue weighted by atomic mass is 35.5. The Kier molecular flexibility index (Phi) is 6.20. The van der Waals surface area contributed by atoms with Crippen LogP contribution in [-0.4, -0.2) is 81.6 Å². The summed E-state index contributed by atoms with van der Waals surface area (Å²) in [5.74, 6) is -0.647. The molecule has 2 atom stereocenters. The van der Waals surface area contributed by atoms with Gasteiger partial charge in [0.1, 0.15) is 18.0 Å². The number of aromatic nitrogens is 3. The van der Waals surface area contributed by atoms with Gasteiger partial charge in [-0.05, 0) is 12.1 Å². The van der Waals surface area contributed by atoms with Crippen LogP contribution in [0.3, 0.4) is 0 Å². The van der Waals surface area contributed by atoms with Crippen LogP contribution in [0.4, 0.5) is 10.6 Å². The molecule has 2 fully saturated rings. The first-order valence-corrected chi connectivity index (χ1v) is 11.5. The number of nitrogens with zero attached hydrogens (tertiary/aromatic N) is 5. The zero-order valence-corrected chi connectivity index (χ0v) is 19.4. The molecule has 10 nitrogen and oxygen atoms in total. The number of carboxylic acids is 1. The van der Waals surface area contributed by atoms with Gasteiger partial charge in [-0.2, -0.15) is 0 Å². The van der Waals surface area contributed by atoms with Gasteiger partial charge in [0.05, 0.1) is 47.3 Å². The summed E-state index contributed by atoms with van der Waals surface area (Å²) in [6.07, 6.45) is 4.09. The predicted molar refractivity (Wildman–Crippen MR) is 125 cm³/mol. The number of carbonyl (C=O) groups excluding carboxylic acids is 1. The number of aliphatic carboxylic acids is 1. The van der Waals surface area contributed by atoms with Crippen LogP contribution < -0.4 is 4.90 Å². The minimum atomic E-state index is -1.03. The molecule has 2 aliphatic heterocycles. The SMILES string of the molecule is O=C(O)[C@@H]1C[C@H](OC(=O)N2CCOCC2)CN1c1cc(-n2ccnc2)c2ccc(Cl)c(Cl)c2n1. The van der Waals surface area contributed by atoms with E-state index < -0.39 is 24.2 Å². The lowest BCUT2D eigenvalue weighted by atomic mass is 10.1. The molecule has 3 aromatic rings. The fraction of sp³-hybridized carbons (Fsp3) is 0.364. The molecule has 1 amide bonds. The van der Waals surface area contributed by atoms with Gasteiger partial charge in [-0.1, -0.05) is 23.2 Å². The second kappa shape index (κ2) is 9.28. The molecular weight excluding hydrogens is 485 g/mol. The normalized spacial score (nSPS) is 20.6. The summed E-state index contributed by atoms with van der Waals surface area (Å²) in [4.78, 5) is 36.6. The monoisotopic (exact) mass is 505 g/mol. The summed E-state index contributed by atoms with van der Waals surface area (Å²) < 4.78 is 12.7. The Morgan fingerprint density at radius 3 is 2.71 bits per heavy atom. The number of anilines is 1. The summed E-state index contributed by atoms with van der Waals surface area (Å²) in [7, 11) is 0. The maximum atomic E-state index is 12.6. The Morgan fingerprint density at radius 2 is 2.00 bits per heavy atom. The molecule has 5 rings (SSSR count). The summed E-state index contributed by atoms with van der Waals surface area (Å²) in [6, 6.07) is 4.34. The maximum absolute atomic E-state index is 12.6. The van der Waals surface area contributed by atoms with Crippen molar-refractivity contribution in [2.45, 2.75) is 18.6 Å². The highest BCUT2D eigenvalue weighted by Crippen LogP contribution is 2.36. The molecule has 0 aliphatic carbocycles. The Balaban J connectivity index is 1.50. The molecule has 0 unspecified atom stereocenters. The molecule has 1 aromatic carbocycles. The van der Waals surface area contributed by atoms with Crippen LogP contribution in [0.2, 0.25) is 10.0 Å². The van der Waals surface area contributed by atoms with E-state index in [9.17, 15) is 14.7 Å². The lowest BCUT2D eigenvalue weighted by Crippen LogP contribution is -2.42. The number of hydrogen-bond donors (Lipinski definition) is 1. The van der Waals surface area contributed by atoms with Crippen molar-refractivity contribution in [3.63, 3.8) is 0 Å². The zero-order chi connectivity index (χ0) is 23.8. The minimum Gasteiger partial charge on any atom is -0.480 e. The molecule has 0 radical (unpaired) electrons. The fourth-order valence-corrected chi connectivity index (χ4v) is 4.66. The minimum absolute atomic E-state index is 0.134. The highest BCUT2D eigenvalue weighted by molar-refractivity contribution is 6.45. The van der Waals surface area contributed by atoms with E-state index in [0.29, 0.717) is 48.3 Å². The number of benzene rings is 1.